The summed E-state index contributed by atoms with van der Waals surface area (Å²) in [5.74, 6) is 3.20. The van der Waals surface area contributed by atoms with Crippen molar-refractivity contribution in [1.29, 1.82) is 0 Å². The lowest BCUT2D eigenvalue weighted by Crippen LogP contribution is -2.32. The van der Waals surface area contributed by atoms with E-state index in [1.165, 1.54) is 10.9 Å². The Labute approximate surface area is 302 Å². The first-order valence-corrected chi connectivity index (χ1v) is 17.7. The van der Waals surface area contributed by atoms with Crippen molar-refractivity contribution in [3.8, 4) is 28.4 Å². The SMILES string of the molecule is CC(C)(C)c1ccnc(-n2c3ccccc3c3ccc(Oc4cccc(N5C6=Nc7ccccc7-c7ccccc7N6c6ccccc65)c4)cc32)c1. The summed E-state index contributed by atoms with van der Waals surface area (Å²) in [6.45, 7) is 6.70. The molecule has 0 spiro atoms. The maximum Gasteiger partial charge on any atom is 0.220 e. The van der Waals surface area contributed by atoms with E-state index in [2.05, 4.69) is 175 Å². The fourth-order valence-electron chi connectivity index (χ4n) is 7.64. The molecule has 2 aromatic heterocycles. The van der Waals surface area contributed by atoms with Gasteiger partial charge in [-0.15, -0.1) is 0 Å². The molecule has 10 rings (SSSR count). The zero-order valence-electron chi connectivity index (χ0n) is 29.2. The van der Waals surface area contributed by atoms with Gasteiger partial charge in [0.15, 0.2) is 0 Å². The molecule has 0 radical (unpaired) electrons. The Morgan fingerprint density at radius 1 is 0.538 bits per heavy atom. The molecule has 0 atom stereocenters. The lowest BCUT2D eigenvalue weighted by atomic mass is 9.88. The monoisotopic (exact) mass is 673 g/mol. The molecule has 0 unspecified atom stereocenters. The minimum Gasteiger partial charge on any atom is -0.457 e. The lowest BCUT2D eigenvalue weighted by molar-refractivity contribution is 0.483. The van der Waals surface area contributed by atoms with Crippen LogP contribution in [0.2, 0.25) is 0 Å². The van der Waals surface area contributed by atoms with Crippen molar-refractivity contribution >= 4 is 56.2 Å². The van der Waals surface area contributed by atoms with Gasteiger partial charge in [-0.3, -0.25) is 14.4 Å². The Kier molecular flexibility index (Phi) is 6.64. The second-order valence-corrected chi connectivity index (χ2v) is 14.4. The van der Waals surface area contributed by atoms with E-state index < -0.39 is 0 Å². The third-order valence-electron chi connectivity index (χ3n) is 10.1. The van der Waals surface area contributed by atoms with Gasteiger partial charge in [0, 0.05) is 40.2 Å². The van der Waals surface area contributed by atoms with Crippen LogP contribution in [0.25, 0.3) is 38.8 Å². The fourth-order valence-corrected chi connectivity index (χ4v) is 7.64. The topological polar surface area (TPSA) is 45.9 Å². The number of anilines is 4. The molecule has 0 saturated heterocycles. The number of para-hydroxylation sites is 5. The van der Waals surface area contributed by atoms with Gasteiger partial charge in [-0.25, -0.2) is 9.98 Å². The van der Waals surface area contributed by atoms with Crippen LogP contribution < -0.4 is 14.5 Å². The molecule has 52 heavy (non-hydrogen) atoms. The highest BCUT2D eigenvalue weighted by atomic mass is 16.5. The number of aliphatic imine (C=N–C) groups is 1. The summed E-state index contributed by atoms with van der Waals surface area (Å²) in [4.78, 5) is 14.7. The average molecular weight is 674 g/mol. The van der Waals surface area contributed by atoms with Gasteiger partial charge in [0.25, 0.3) is 0 Å². The summed E-state index contributed by atoms with van der Waals surface area (Å²) in [7, 11) is 0. The van der Waals surface area contributed by atoms with Crippen molar-refractivity contribution in [1.82, 2.24) is 9.55 Å². The van der Waals surface area contributed by atoms with Gasteiger partial charge < -0.3 is 4.74 Å². The first kappa shape index (κ1) is 30.2. The maximum atomic E-state index is 6.70. The normalized spacial score (nSPS) is 13.3. The highest BCUT2D eigenvalue weighted by Gasteiger charge is 2.38. The molecule has 6 aromatic carbocycles. The molecule has 2 aliphatic rings. The van der Waals surface area contributed by atoms with Crippen LogP contribution in [-0.2, 0) is 5.41 Å². The summed E-state index contributed by atoms with van der Waals surface area (Å²) in [6, 6.07) is 52.9. The van der Waals surface area contributed by atoms with E-state index in [0.29, 0.717) is 0 Å². The van der Waals surface area contributed by atoms with Crippen molar-refractivity contribution in [2.24, 2.45) is 4.99 Å². The number of nitrogens with zero attached hydrogens (tertiary/aromatic N) is 5. The number of rotatable bonds is 4. The van der Waals surface area contributed by atoms with Gasteiger partial charge in [-0.05, 0) is 77.7 Å². The van der Waals surface area contributed by atoms with E-state index in [4.69, 9.17) is 14.7 Å². The van der Waals surface area contributed by atoms with E-state index in [-0.39, 0.29) is 5.41 Å². The predicted molar refractivity (Wildman–Crippen MR) is 213 cm³/mol. The zero-order valence-corrected chi connectivity index (χ0v) is 29.2. The Hall–Kier alpha value is -6.66. The Balaban J connectivity index is 1.08. The second-order valence-electron chi connectivity index (χ2n) is 14.4. The molecule has 0 bridgehead atoms. The molecule has 250 valence electrons. The molecular weight excluding hydrogens is 639 g/mol. The van der Waals surface area contributed by atoms with Crippen LogP contribution in [0.5, 0.6) is 11.5 Å². The molecule has 4 heterocycles. The first-order valence-electron chi connectivity index (χ1n) is 17.7. The Morgan fingerprint density at radius 2 is 1.23 bits per heavy atom. The van der Waals surface area contributed by atoms with E-state index in [1.54, 1.807) is 0 Å². The lowest BCUT2D eigenvalue weighted by Gasteiger charge is -2.24. The largest absolute Gasteiger partial charge is 0.457 e. The minimum atomic E-state index is -0.00227. The van der Waals surface area contributed by atoms with Crippen molar-refractivity contribution in [2.75, 3.05) is 9.80 Å². The van der Waals surface area contributed by atoms with Gasteiger partial charge in [-0.2, -0.15) is 0 Å². The van der Waals surface area contributed by atoms with E-state index in [1.807, 2.05) is 18.3 Å². The van der Waals surface area contributed by atoms with E-state index in [0.717, 1.165) is 79.3 Å². The van der Waals surface area contributed by atoms with Crippen LogP contribution in [0.15, 0.2) is 163 Å². The van der Waals surface area contributed by atoms with Crippen LogP contribution in [0.4, 0.5) is 28.4 Å². The number of fused-ring (bicyclic) bond motifs is 10. The van der Waals surface area contributed by atoms with Crippen LogP contribution in [0.1, 0.15) is 26.3 Å². The number of guanidine groups is 1. The summed E-state index contributed by atoms with van der Waals surface area (Å²) in [5.41, 5.74) is 10.8. The Morgan fingerprint density at radius 3 is 2.08 bits per heavy atom. The van der Waals surface area contributed by atoms with Gasteiger partial charge >= 0.3 is 0 Å². The highest BCUT2D eigenvalue weighted by molar-refractivity contribution is 6.26. The van der Waals surface area contributed by atoms with Crippen molar-refractivity contribution in [2.45, 2.75) is 26.2 Å². The summed E-state index contributed by atoms with van der Waals surface area (Å²) < 4.78 is 8.95. The van der Waals surface area contributed by atoms with Gasteiger partial charge in [-0.1, -0.05) is 93.6 Å². The number of aromatic nitrogens is 2. The number of ether oxygens (including phenoxy) is 1. The van der Waals surface area contributed by atoms with Gasteiger partial charge in [0.2, 0.25) is 5.96 Å². The summed E-state index contributed by atoms with van der Waals surface area (Å²) in [5, 5.41) is 2.33. The quantitative estimate of drug-likeness (QED) is 0.187. The predicted octanol–water partition coefficient (Wildman–Crippen LogP) is 12.2. The van der Waals surface area contributed by atoms with Crippen molar-refractivity contribution in [3.63, 3.8) is 0 Å². The van der Waals surface area contributed by atoms with Gasteiger partial charge in [0.1, 0.15) is 17.3 Å². The molecule has 0 aliphatic carbocycles. The summed E-state index contributed by atoms with van der Waals surface area (Å²) >= 11 is 0. The molecule has 6 heteroatoms. The average Bonchev–Trinajstić information content (AvgIpc) is 3.62. The maximum absolute atomic E-state index is 6.70. The number of hydrogen-bond donors (Lipinski definition) is 0. The molecule has 0 N–H and O–H groups in total. The number of hydrogen-bond acceptors (Lipinski definition) is 5. The molecule has 0 fully saturated rings. The van der Waals surface area contributed by atoms with E-state index >= 15 is 0 Å². The third kappa shape index (κ3) is 4.72. The zero-order chi connectivity index (χ0) is 35.0. The molecular formula is C46H35N5O. The fraction of sp³-hybridized carbons (Fsp3) is 0.0870. The standard InChI is InChI=1S/C46H35N5O/c1-46(2,3)30-25-26-47-44(27-30)50-39-19-8-6-17-36(39)37-24-23-33(29-43(37)50)52-32-14-12-13-31(28-32)49-41-21-10-11-22-42(41)51-40-20-9-5-16-35(40)34-15-4-7-18-38(34)48-45(49)51/h4-29H,1-3H3. The minimum absolute atomic E-state index is 0.00227. The molecule has 2 aliphatic heterocycles. The molecule has 8 aromatic rings. The smallest absolute Gasteiger partial charge is 0.220 e. The van der Waals surface area contributed by atoms with Crippen LogP contribution in [-0.4, -0.2) is 15.5 Å². The Bertz CT molecular complexity index is 2740. The highest BCUT2D eigenvalue weighted by Crippen LogP contribution is 2.51. The third-order valence-corrected chi connectivity index (χ3v) is 10.1. The molecule has 0 saturated carbocycles. The van der Waals surface area contributed by atoms with Gasteiger partial charge in [0.05, 0.1) is 39.5 Å². The summed E-state index contributed by atoms with van der Waals surface area (Å²) in [6.07, 6.45) is 1.91. The van der Waals surface area contributed by atoms with Crippen LogP contribution >= 0.6 is 0 Å². The number of pyridine rings is 1. The second kappa shape index (κ2) is 11.4. The first-order chi connectivity index (χ1) is 25.4. The molecule has 0 amide bonds. The van der Waals surface area contributed by atoms with E-state index in [9.17, 15) is 0 Å². The van der Waals surface area contributed by atoms with Crippen LogP contribution in [0.3, 0.4) is 0 Å². The number of benzene rings is 6. The van der Waals surface area contributed by atoms with Crippen molar-refractivity contribution < 1.29 is 4.74 Å². The van der Waals surface area contributed by atoms with Crippen molar-refractivity contribution in [3.05, 3.63) is 163 Å². The van der Waals surface area contributed by atoms with Crippen LogP contribution in [0, 0.1) is 0 Å². The molecule has 6 nitrogen and oxygen atoms in total.